The first kappa shape index (κ1) is 72.5. The Hall–Kier alpha value is -15.1. The normalized spacial score (nSPS) is 10.9. The molecular formula is C116H82. The van der Waals surface area contributed by atoms with E-state index in [9.17, 15) is 0 Å². The summed E-state index contributed by atoms with van der Waals surface area (Å²) < 4.78 is 0. The maximum atomic E-state index is 2.34. The molecule has 18 aromatic carbocycles. The lowest BCUT2D eigenvalue weighted by Gasteiger charge is -2.18. The SMILES string of the molecule is C(=C(c1ccc(-c2ccc(-c3ccc(C(=C(c4ccccc4)c4ccccc4)c4ccccc4)cc3)cc2)cc1)c1ccc(-c2ccc(-c3ccc(C(=C(c4ccccc4)c4ccccc4)c4ccccc4)cc3)cc2)cc1)c1ccc(-c2ccc(-c3ccc(C(=C(c4ccccc4)c4ccccc4)c4ccccc4)cc3)cc2)cc1. The Labute approximate surface area is 682 Å². The van der Waals surface area contributed by atoms with E-state index >= 15 is 0 Å². The smallest absolute Gasteiger partial charge is 0.00268 e. The summed E-state index contributed by atoms with van der Waals surface area (Å²) in [7, 11) is 0. The van der Waals surface area contributed by atoms with Crippen molar-refractivity contribution in [2.75, 3.05) is 0 Å². The second kappa shape index (κ2) is 34.3. The molecule has 18 rings (SSSR count). The van der Waals surface area contributed by atoms with Crippen molar-refractivity contribution in [3.63, 3.8) is 0 Å². The van der Waals surface area contributed by atoms with Crippen molar-refractivity contribution >= 4 is 45.1 Å². The van der Waals surface area contributed by atoms with Gasteiger partial charge in [-0.05, 0) is 195 Å². The van der Waals surface area contributed by atoms with Crippen LogP contribution in [0.2, 0.25) is 0 Å². The fourth-order valence-electron chi connectivity index (χ4n) is 16.2. The van der Waals surface area contributed by atoms with Gasteiger partial charge < -0.3 is 0 Å². The molecule has 0 saturated carbocycles. The van der Waals surface area contributed by atoms with Crippen LogP contribution < -0.4 is 0 Å². The molecule has 0 amide bonds. The molecule has 0 heterocycles. The lowest BCUT2D eigenvalue weighted by Crippen LogP contribution is -1.97. The average molecular weight is 1480 g/mol. The molecule has 0 saturated heterocycles. The Morgan fingerprint density at radius 1 is 0.103 bits per heavy atom. The highest BCUT2D eigenvalue weighted by Crippen LogP contribution is 2.43. The van der Waals surface area contributed by atoms with Gasteiger partial charge >= 0.3 is 0 Å². The number of hydrogen-bond acceptors (Lipinski definition) is 0. The minimum absolute atomic E-state index is 1.12. The minimum atomic E-state index is 1.12. The summed E-state index contributed by atoms with van der Waals surface area (Å²) in [6.07, 6.45) is 2.34. The quantitative estimate of drug-likeness (QED) is 0.0629. The van der Waals surface area contributed by atoms with Gasteiger partial charge in [0.15, 0.2) is 0 Å². The van der Waals surface area contributed by atoms with Crippen molar-refractivity contribution in [1.29, 1.82) is 0 Å². The zero-order valence-electron chi connectivity index (χ0n) is 64.3. The number of hydrogen-bond donors (Lipinski definition) is 0. The molecule has 0 N–H and O–H groups in total. The van der Waals surface area contributed by atoms with Gasteiger partial charge in [-0.2, -0.15) is 0 Å². The van der Waals surface area contributed by atoms with Crippen LogP contribution in [-0.4, -0.2) is 0 Å². The van der Waals surface area contributed by atoms with Crippen molar-refractivity contribution in [1.82, 2.24) is 0 Å². The van der Waals surface area contributed by atoms with Gasteiger partial charge in [-0.25, -0.2) is 0 Å². The van der Waals surface area contributed by atoms with Gasteiger partial charge in [-0.3, -0.25) is 0 Å². The Balaban J connectivity index is 0.629. The van der Waals surface area contributed by atoms with E-state index in [1.807, 2.05) is 0 Å². The van der Waals surface area contributed by atoms with E-state index in [-0.39, 0.29) is 0 Å². The van der Waals surface area contributed by atoms with E-state index in [2.05, 4.69) is 497 Å². The van der Waals surface area contributed by atoms with E-state index in [4.69, 9.17) is 0 Å². The lowest BCUT2D eigenvalue weighted by atomic mass is 9.85. The van der Waals surface area contributed by atoms with Crippen LogP contribution in [0, 0.1) is 0 Å². The monoisotopic (exact) mass is 1470 g/mol. The molecule has 0 unspecified atom stereocenters. The first-order valence-corrected chi connectivity index (χ1v) is 39.9. The van der Waals surface area contributed by atoms with Gasteiger partial charge in [0.2, 0.25) is 0 Å². The molecule has 0 heteroatoms. The minimum Gasteiger partial charge on any atom is -0.0622 e. The van der Waals surface area contributed by atoms with E-state index in [0.717, 1.165) is 55.6 Å². The van der Waals surface area contributed by atoms with Crippen LogP contribution in [0.1, 0.15) is 83.5 Å². The third-order valence-corrected chi connectivity index (χ3v) is 22.1. The largest absolute Gasteiger partial charge is 0.0622 e. The van der Waals surface area contributed by atoms with Crippen LogP contribution in [0.4, 0.5) is 0 Å². The number of benzene rings is 18. The fraction of sp³-hybridized carbons (Fsp3) is 0. The number of rotatable bonds is 21. The van der Waals surface area contributed by atoms with Gasteiger partial charge in [0.05, 0.1) is 0 Å². The van der Waals surface area contributed by atoms with E-state index in [1.54, 1.807) is 0 Å². The van der Waals surface area contributed by atoms with Crippen LogP contribution in [0.15, 0.2) is 491 Å². The predicted molar refractivity (Wildman–Crippen MR) is 492 cm³/mol. The summed E-state index contributed by atoms with van der Waals surface area (Å²) in [5.41, 5.74) is 39.8. The molecule has 18 aromatic rings. The second-order valence-electron chi connectivity index (χ2n) is 29.3. The highest BCUT2D eigenvalue weighted by atomic mass is 14.2. The van der Waals surface area contributed by atoms with Gasteiger partial charge in [0, 0.05) is 0 Å². The maximum Gasteiger partial charge on any atom is -0.00268 e. The van der Waals surface area contributed by atoms with Crippen LogP contribution in [0.25, 0.3) is 112 Å². The van der Waals surface area contributed by atoms with E-state index in [0.29, 0.717) is 0 Å². The fourth-order valence-corrected chi connectivity index (χ4v) is 16.2. The summed E-state index contributed by atoms with van der Waals surface area (Å²) in [5, 5.41) is 0. The zero-order valence-corrected chi connectivity index (χ0v) is 64.3. The molecule has 546 valence electrons. The summed E-state index contributed by atoms with van der Waals surface area (Å²) in [5.74, 6) is 0. The third kappa shape index (κ3) is 16.1. The molecule has 0 aromatic heterocycles. The van der Waals surface area contributed by atoms with Crippen molar-refractivity contribution in [2.24, 2.45) is 0 Å². The highest BCUT2D eigenvalue weighted by Gasteiger charge is 2.21. The van der Waals surface area contributed by atoms with Crippen molar-refractivity contribution in [3.05, 3.63) is 575 Å². The zero-order chi connectivity index (χ0) is 77.6. The topological polar surface area (TPSA) is 0 Å². The van der Waals surface area contributed by atoms with Crippen LogP contribution in [-0.2, 0) is 0 Å². The average Bonchev–Trinajstić information content (AvgIpc) is 0.789. The summed E-state index contributed by atoms with van der Waals surface area (Å²) in [4.78, 5) is 0. The molecule has 0 aliphatic heterocycles. The van der Waals surface area contributed by atoms with Gasteiger partial charge in [0.25, 0.3) is 0 Å². The van der Waals surface area contributed by atoms with Crippen LogP contribution >= 0.6 is 0 Å². The molecule has 0 aliphatic carbocycles. The van der Waals surface area contributed by atoms with Crippen molar-refractivity contribution < 1.29 is 0 Å². The predicted octanol–water partition coefficient (Wildman–Crippen LogP) is 30.3. The second-order valence-corrected chi connectivity index (χ2v) is 29.3. The van der Waals surface area contributed by atoms with Crippen LogP contribution in [0.3, 0.4) is 0 Å². The van der Waals surface area contributed by atoms with E-state index in [1.165, 1.54) is 134 Å². The third-order valence-electron chi connectivity index (χ3n) is 22.1. The molecule has 116 heavy (non-hydrogen) atoms. The molecular weight excluding hydrogens is 1390 g/mol. The first-order valence-electron chi connectivity index (χ1n) is 39.9. The molecule has 0 atom stereocenters. The summed E-state index contributed by atoms with van der Waals surface area (Å²) in [6, 6.07) is 178. The van der Waals surface area contributed by atoms with Crippen molar-refractivity contribution in [2.45, 2.75) is 0 Å². The van der Waals surface area contributed by atoms with Gasteiger partial charge in [0.1, 0.15) is 0 Å². The molecule has 0 fully saturated rings. The molecule has 0 radical (unpaired) electrons. The lowest BCUT2D eigenvalue weighted by molar-refractivity contribution is 1.50. The highest BCUT2D eigenvalue weighted by molar-refractivity contribution is 6.07. The standard InChI is InChI=1S/C116H82/c1-10-28-98(29-11-1)111(99-30-12-2-13-31-99)114(104-40-22-7-23-41-104)107-76-66-93(67-77-107)88-52-50-85(51-53-88)84-48-46-83(47-49-84)82-110(96-72-62-91(63-73-96)86-54-58-89(59-55-86)94-68-78-108(79-69-94)115(105-42-24-8-25-43-105)112(100-32-14-3-15-33-100)101-34-16-4-17-35-101)97-74-64-92(65-75-97)87-56-60-90(61-57-87)95-70-80-109(81-71-95)116(106-44-26-9-27-45-106)113(102-36-18-5-19-37-102)103-38-20-6-21-39-103/h1-82H. The van der Waals surface area contributed by atoms with Crippen molar-refractivity contribution in [3.8, 4) is 66.8 Å². The Morgan fingerprint density at radius 3 is 0.362 bits per heavy atom. The Morgan fingerprint density at radius 2 is 0.216 bits per heavy atom. The Bertz CT molecular complexity index is 6040. The molecule has 0 bridgehead atoms. The summed E-state index contributed by atoms with van der Waals surface area (Å²) >= 11 is 0. The maximum absolute atomic E-state index is 2.34. The first-order chi connectivity index (χ1) is 57.5. The summed E-state index contributed by atoms with van der Waals surface area (Å²) in [6.45, 7) is 0. The van der Waals surface area contributed by atoms with Gasteiger partial charge in [-0.1, -0.05) is 491 Å². The Kier molecular flexibility index (Phi) is 21.4. The van der Waals surface area contributed by atoms with Crippen LogP contribution in [0.5, 0.6) is 0 Å². The molecule has 0 spiro atoms. The van der Waals surface area contributed by atoms with Gasteiger partial charge in [-0.15, -0.1) is 0 Å². The molecule has 0 aliphatic rings. The van der Waals surface area contributed by atoms with E-state index < -0.39 is 0 Å². The molecule has 0 nitrogen and oxygen atoms in total.